The number of unbranched alkanes of at least 4 members (excludes halogenated alkanes) is 1. The van der Waals surface area contributed by atoms with Crippen LogP contribution in [0.5, 0.6) is 0 Å². The number of nitrogen functional groups attached to an aromatic ring is 1. The number of primary amides is 1. The van der Waals surface area contributed by atoms with Crippen LogP contribution in [-0.2, 0) is 6.42 Å². The van der Waals surface area contributed by atoms with Gasteiger partial charge in [0.15, 0.2) is 0 Å². The number of carbonyl (C=O) groups excluding carboxylic acids is 1. The molecule has 0 saturated heterocycles. The molecule has 0 spiro atoms. The molecule has 2 rings (SSSR count). The predicted octanol–water partition coefficient (Wildman–Crippen LogP) is 3.46. The number of aromatic nitrogens is 2. The molecule has 0 aliphatic rings. The molecule has 0 fully saturated rings. The number of nitrogens with two attached hydrogens (primary N) is 2. The van der Waals surface area contributed by atoms with Gasteiger partial charge in [-0.05, 0) is 24.6 Å². The number of rotatable bonds is 4. The Balaban J connectivity index is 0.000000385. The van der Waals surface area contributed by atoms with Gasteiger partial charge in [-0.25, -0.2) is 4.79 Å². The van der Waals surface area contributed by atoms with Crippen LogP contribution in [0.15, 0.2) is 24.3 Å². The lowest BCUT2D eigenvalue weighted by Crippen LogP contribution is -2.19. The molecule has 9 heteroatoms. The number of nitrogens with zero attached hydrogens (tertiary/aromatic N) is 2. The summed E-state index contributed by atoms with van der Waals surface area (Å²) in [7, 11) is 0. The van der Waals surface area contributed by atoms with Crippen molar-refractivity contribution in [1.82, 2.24) is 16.3 Å². The van der Waals surface area contributed by atoms with Crippen molar-refractivity contribution in [3.05, 3.63) is 34.3 Å². The fraction of sp³-hybridized carbons (Fsp3) is 0.308. The second-order valence-corrected chi connectivity index (χ2v) is 5.67. The Morgan fingerprint density at radius 3 is 2.64 bits per heavy atom. The third kappa shape index (κ3) is 8.40. The first-order chi connectivity index (χ1) is 10.0. The van der Waals surface area contributed by atoms with Crippen LogP contribution < -0.4 is 22.9 Å². The number of nitrogens with one attached hydrogen (secondary N) is 1. The zero-order valence-corrected chi connectivity index (χ0v) is 14.0. The highest BCUT2D eigenvalue weighted by Gasteiger charge is 1.98. The monoisotopic (exact) mass is 344 g/mol. The minimum atomic E-state index is -0.590. The van der Waals surface area contributed by atoms with Crippen molar-refractivity contribution in [3.8, 4) is 0 Å². The van der Waals surface area contributed by atoms with E-state index in [9.17, 15) is 4.79 Å². The molecule has 0 bridgehead atoms. The van der Waals surface area contributed by atoms with Crippen molar-refractivity contribution in [2.45, 2.75) is 26.2 Å². The SMILES string of the molecule is CCCCc1nnc(N)s1.N.NC(=O)Nc1cccc(Cl)c1. The topological polar surface area (TPSA) is 142 Å². The molecule has 1 heterocycles. The van der Waals surface area contributed by atoms with Crippen LogP contribution >= 0.6 is 22.9 Å². The molecule has 122 valence electrons. The summed E-state index contributed by atoms with van der Waals surface area (Å²) in [5, 5.41) is 12.2. The van der Waals surface area contributed by atoms with Gasteiger partial charge in [0.05, 0.1) is 0 Å². The summed E-state index contributed by atoms with van der Waals surface area (Å²) in [6, 6.07) is 6.18. The first-order valence-electron chi connectivity index (χ1n) is 6.41. The van der Waals surface area contributed by atoms with E-state index in [0.29, 0.717) is 15.8 Å². The number of hydrogen-bond acceptors (Lipinski definition) is 6. The summed E-state index contributed by atoms with van der Waals surface area (Å²) in [5.74, 6) is 0. The van der Waals surface area contributed by atoms with Crippen LogP contribution in [0.2, 0.25) is 5.02 Å². The number of anilines is 2. The van der Waals surface area contributed by atoms with Crippen LogP contribution in [-0.4, -0.2) is 16.2 Å². The Bertz CT molecular complexity index is 577. The van der Waals surface area contributed by atoms with Gasteiger partial charge in [0.1, 0.15) is 5.01 Å². The van der Waals surface area contributed by atoms with Gasteiger partial charge >= 0.3 is 6.03 Å². The van der Waals surface area contributed by atoms with Gasteiger partial charge in [-0.3, -0.25) is 0 Å². The second kappa shape index (κ2) is 10.8. The van der Waals surface area contributed by atoms with Crippen molar-refractivity contribution in [1.29, 1.82) is 0 Å². The molecule has 0 radical (unpaired) electrons. The second-order valence-electron chi connectivity index (χ2n) is 4.14. The van der Waals surface area contributed by atoms with E-state index in [0.717, 1.165) is 11.4 Å². The molecule has 1 aromatic heterocycles. The Labute approximate surface area is 138 Å². The molecule has 0 aliphatic heterocycles. The van der Waals surface area contributed by atoms with Crippen molar-refractivity contribution >= 4 is 39.8 Å². The average molecular weight is 345 g/mol. The van der Waals surface area contributed by atoms with Gasteiger partial charge in [0.25, 0.3) is 0 Å². The van der Waals surface area contributed by atoms with E-state index in [2.05, 4.69) is 22.4 Å². The number of benzene rings is 1. The summed E-state index contributed by atoms with van der Waals surface area (Å²) in [6.07, 6.45) is 3.39. The first-order valence-corrected chi connectivity index (χ1v) is 7.60. The van der Waals surface area contributed by atoms with Crippen molar-refractivity contribution in [2.24, 2.45) is 5.73 Å². The number of urea groups is 1. The third-order valence-corrected chi connectivity index (χ3v) is 3.37. The van der Waals surface area contributed by atoms with E-state index >= 15 is 0 Å². The smallest absolute Gasteiger partial charge is 0.316 e. The lowest BCUT2D eigenvalue weighted by molar-refractivity contribution is 0.259. The van der Waals surface area contributed by atoms with Crippen LogP contribution in [0.25, 0.3) is 0 Å². The minimum Gasteiger partial charge on any atom is -0.374 e. The van der Waals surface area contributed by atoms with E-state index in [1.165, 1.54) is 24.2 Å². The minimum absolute atomic E-state index is 0. The van der Waals surface area contributed by atoms with Crippen molar-refractivity contribution < 1.29 is 4.79 Å². The molecular formula is C13H21ClN6OS. The summed E-state index contributed by atoms with van der Waals surface area (Å²) in [6.45, 7) is 2.16. The van der Waals surface area contributed by atoms with Gasteiger partial charge in [0.2, 0.25) is 5.13 Å². The van der Waals surface area contributed by atoms with Crippen LogP contribution in [0.4, 0.5) is 15.6 Å². The van der Waals surface area contributed by atoms with Gasteiger partial charge in [-0.1, -0.05) is 42.3 Å². The third-order valence-electron chi connectivity index (χ3n) is 2.32. The van der Waals surface area contributed by atoms with Crippen LogP contribution in [0, 0.1) is 0 Å². The molecule has 22 heavy (non-hydrogen) atoms. The van der Waals surface area contributed by atoms with Gasteiger partial charge in [-0.2, -0.15) is 0 Å². The molecule has 2 aromatic rings. The first kappa shape index (κ1) is 20.1. The maximum atomic E-state index is 10.3. The summed E-state index contributed by atoms with van der Waals surface area (Å²) in [5.41, 5.74) is 10.9. The standard InChI is InChI=1S/C7H7ClN2O.C6H11N3S.H3N/c8-5-2-1-3-6(4-5)10-7(9)11;1-2-3-4-5-8-9-6(7)10-5;/h1-4H,(H3,9,10,11);2-4H2,1H3,(H2,7,9);1H3. The molecule has 0 unspecified atom stereocenters. The molecular weight excluding hydrogens is 324 g/mol. The fourth-order valence-corrected chi connectivity index (χ4v) is 2.25. The Hall–Kier alpha value is -1.90. The van der Waals surface area contributed by atoms with Crippen molar-refractivity contribution in [3.63, 3.8) is 0 Å². The van der Waals surface area contributed by atoms with E-state index in [-0.39, 0.29) is 6.15 Å². The largest absolute Gasteiger partial charge is 0.374 e. The lowest BCUT2D eigenvalue weighted by Gasteiger charge is -1.99. The zero-order valence-electron chi connectivity index (χ0n) is 12.4. The summed E-state index contributed by atoms with van der Waals surface area (Å²) >= 11 is 7.12. The summed E-state index contributed by atoms with van der Waals surface area (Å²) < 4.78 is 0. The number of halogens is 1. The van der Waals surface area contributed by atoms with Gasteiger partial charge in [0, 0.05) is 17.1 Å². The maximum Gasteiger partial charge on any atom is 0.316 e. The normalized spacial score (nSPS) is 9.18. The Morgan fingerprint density at radius 1 is 1.41 bits per heavy atom. The predicted molar refractivity (Wildman–Crippen MR) is 92.6 cm³/mol. The van der Waals surface area contributed by atoms with Crippen LogP contribution in [0.3, 0.4) is 0 Å². The highest BCUT2D eigenvalue weighted by atomic mass is 35.5. The number of carbonyl (C=O) groups is 1. The van der Waals surface area contributed by atoms with E-state index < -0.39 is 6.03 Å². The molecule has 2 amide bonds. The number of amides is 2. The molecule has 1 aromatic carbocycles. The van der Waals surface area contributed by atoms with E-state index in [4.69, 9.17) is 23.1 Å². The van der Waals surface area contributed by atoms with Gasteiger partial charge in [-0.15, -0.1) is 10.2 Å². The zero-order chi connectivity index (χ0) is 15.7. The molecule has 8 N–H and O–H groups in total. The molecule has 0 saturated carbocycles. The Kier molecular flexibility index (Phi) is 9.84. The summed E-state index contributed by atoms with van der Waals surface area (Å²) in [4.78, 5) is 10.3. The highest BCUT2D eigenvalue weighted by Crippen LogP contribution is 2.14. The lowest BCUT2D eigenvalue weighted by atomic mass is 10.3. The molecule has 0 aliphatic carbocycles. The quantitative estimate of drug-likeness (QED) is 0.671. The Morgan fingerprint density at radius 2 is 2.14 bits per heavy atom. The van der Waals surface area contributed by atoms with Gasteiger partial charge < -0.3 is 22.9 Å². The van der Waals surface area contributed by atoms with E-state index in [1.807, 2.05) is 0 Å². The molecule has 7 nitrogen and oxygen atoms in total. The number of hydrogen-bond donors (Lipinski definition) is 4. The number of aryl methyl sites for hydroxylation is 1. The average Bonchev–Trinajstić information content (AvgIpc) is 2.82. The molecule has 0 atom stereocenters. The fourth-order valence-electron chi connectivity index (χ4n) is 1.40. The van der Waals surface area contributed by atoms with Crippen LogP contribution in [0.1, 0.15) is 24.8 Å². The van der Waals surface area contributed by atoms with Crippen molar-refractivity contribution in [2.75, 3.05) is 11.1 Å². The maximum absolute atomic E-state index is 10.3. The van der Waals surface area contributed by atoms with E-state index in [1.54, 1.807) is 24.3 Å². The highest BCUT2D eigenvalue weighted by molar-refractivity contribution is 7.15.